The zero-order valence-corrected chi connectivity index (χ0v) is 20.1. The zero-order valence-electron chi connectivity index (χ0n) is 20.1. The fraction of sp³-hybridized carbons (Fsp3) is 0.185. The van der Waals surface area contributed by atoms with Crippen LogP contribution in [0.2, 0.25) is 0 Å². The highest BCUT2D eigenvalue weighted by Gasteiger charge is 2.22. The average Bonchev–Trinajstić information content (AvgIpc) is 3.30. The van der Waals surface area contributed by atoms with Gasteiger partial charge in [-0.2, -0.15) is 0 Å². The molecule has 0 aliphatic carbocycles. The number of carbonyl (C=O) groups is 2. The van der Waals surface area contributed by atoms with Gasteiger partial charge < -0.3 is 20.1 Å². The first-order valence-electron chi connectivity index (χ1n) is 11.6. The van der Waals surface area contributed by atoms with Crippen LogP contribution in [0.3, 0.4) is 0 Å². The number of nitrogens with zero attached hydrogens (tertiary/aromatic N) is 3. The molecule has 0 fully saturated rings. The average molecular weight is 504 g/mol. The summed E-state index contributed by atoms with van der Waals surface area (Å²) in [5, 5.41) is 13.2. The van der Waals surface area contributed by atoms with Crippen molar-refractivity contribution in [3.05, 3.63) is 102 Å². The first-order chi connectivity index (χ1) is 17.9. The molecule has 2 N–H and O–H groups in total. The van der Waals surface area contributed by atoms with Gasteiger partial charge in [0, 0.05) is 11.9 Å². The lowest BCUT2D eigenvalue weighted by Crippen LogP contribution is -2.47. The Balaban J connectivity index is 1.37. The lowest BCUT2D eigenvalue weighted by atomic mass is 10.2. The van der Waals surface area contributed by atoms with Gasteiger partial charge in [-0.05, 0) is 61.0 Å². The molecule has 37 heavy (non-hydrogen) atoms. The van der Waals surface area contributed by atoms with E-state index in [1.165, 1.54) is 28.9 Å². The van der Waals surface area contributed by atoms with Gasteiger partial charge in [0.25, 0.3) is 0 Å². The fourth-order valence-electron chi connectivity index (χ4n) is 3.39. The highest BCUT2D eigenvalue weighted by molar-refractivity contribution is 5.97. The molecule has 1 heterocycles. The third-order valence-corrected chi connectivity index (χ3v) is 5.18. The van der Waals surface area contributed by atoms with Crippen LogP contribution >= 0.6 is 0 Å². The quantitative estimate of drug-likeness (QED) is 0.322. The first-order valence-corrected chi connectivity index (χ1v) is 11.6. The molecule has 0 spiro atoms. The van der Waals surface area contributed by atoms with Crippen molar-refractivity contribution in [3.63, 3.8) is 0 Å². The minimum atomic E-state index is -0.948. The Bertz CT molecular complexity index is 1310. The molecule has 2 amide bonds. The van der Waals surface area contributed by atoms with Crippen molar-refractivity contribution in [3.8, 4) is 11.5 Å². The molecule has 190 valence electrons. The van der Waals surface area contributed by atoms with Crippen LogP contribution in [0.4, 0.5) is 10.1 Å². The number of hydrogen-bond donors (Lipinski definition) is 2. The highest BCUT2D eigenvalue weighted by Crippen LogP contribution is 2.23. The summed E-state index contributed by atoms with van der Waals surface area (Å²) < 4.78 is 25.9. The summed E-state index contributed by atoms with van der Waals surface area (Å²) in [5.41, 5.74) is 2.13. The number of hydrogen-bond acceptors (Lipinski definition) is 6. The summed E-state index contributed by atoms with van der Waals surface area (Å²) in [6.07, 6.45) is 1.64. The second kappa shape index (κ2) is 12.4. The summed E-state index contributed by atoms with van der Waals surface area (Å²) in [6, 6.07) is 20.9. The number of aromatic nitrogens is 3. The molecule has 9 nitrogen and oxygen atoms in total. The smallest absolute Gasteiger partial charge is 0.249 e. The number of carbonyl (C=O) groups excluding carboxylic acids is 2. The summed E-state index contributed by atoms with van der Waals surface area (Å²) in [7, 11) is 0. The molecule has 0 aliphatic rings. The van der Waals surface area contributed by atoms with Crippen LogP contribution in [-0.4, -0.2) is 39.5 Å². The second-order valence-electron chi connectivity index (χ2n) is 8.25. The molecule has 10 heteroatoms. The third-order valence-electron chi connectivity index (χ3n) is 5.18. The predicted molar refractivity (Wildman–Crippen MR) is 134 cm³/mol. The van der Waals surface area contributed by atoms with Crippen LogP contribution in [0.5, 0.6) is 11.5 Å². The van der Waals surface area contributed by atoms with Crippen LogP contribution in [-0.2, 0) is 27.5 Å². The van der Waals surface area contributed by atoms with E-state index >= 15 is 0 Å². The van der Waals surface area contributed by atoms with E-state index in [0.29, 0.717) is 22.9 Å². The maximum absolute atomic E-state index is 13.1. The summed E-state index contributed by atoms with van der Waals surface area (Å²) in [6.45, 7) is 1.94. The Kier molecular flexibility index (Phi) is 8.56. The van der Waals surface area contributed by atoms with Gasteiger partial charge in [0.2, 0.25) is 11.8 Å². The van der Waals surface area contributed by atoms with Gasteiger partial charge in [-0.3, -0.25) is 9.59 Å². The van der Waals surface area contributed by atoms with Crippen LogP contribution < -0.4 is 15.4 Å². The summed E-state index contributed by atoms with van der Waals surface area (Å²) in [5.74, 6) is -0.195. The van der Waals surface area contributed by atoms with Crippen molar-refractivity contribution in [2.24, 2.45) is 0 Å². The third kappa shape index (κ3) is 7.97. The van der Waals surface area contributed by atoms with E-state index in [9.17, 15) is 14.0 Å². The zero-order chi connectivity index (χ0) is 26.0. The molecule has 3 aromatic carbocycles. The predicted octanol–water partition coefficient (Wildman–Crippen LogP) is 3.86. The summed E-state index contributed by atoms with van der Waals surface area (Å²) >= 11 is 0. The van der Waals surface area contributed by atoms with Crippen LogP contribution in [0.1, 0.15) is 11.3 Å². The van der Waals surface area contributed by atoms with Gasteiger partial charge in [-0.15, -0.1) is 5.10 Å². The number of aryl methyl sites for hydroxylation is 1. The number of nitrogens with one attached hydrogen (secondary N) is 2. The Morgan fingerprint density at radius 3 is 2.30 bits per heavy atom. The van der Waals surface area contributed by atoms with Gasteiger partial charge in [0.05, 0.1) is 18.9 Å². The molecule has 0 saturated carbocycles. The largest absolute Gasteiger partial charge is 0.457 e. The fourth-order valence-corrected chi connectivity index (χ4v) is 3.39. The lowest BCUT2D eigenvalue weighted by Gasteiger charge is -2.19. The molecular weight excluding hydrogens is 477 g/mol. The second-order valence-corrected chi connectivity index (χ2v) is 8.25. The van der Waals surface area contributed by atoms with Crippen molar-refractivity contribution in [2.45, 2.75) is 26.1 Å². The number of halogens is 1. The lowest BCUT2D eigenvalue weighted by molar-refractivity contribution is -0.128. The van der Waals surface area contributed by atoms with Crippen molar-refractivity contribution in [1.82, 2.24) is 20.3 Å². The maximum atomic E-state index is 13.1. The molecule has 0 unspecified atom stereocenters. The highest BCUT2D eigenvalue weighted by atomic mass is 19.1. The van der Waals surface area contributed by atoms with Crippen molar-refractivity contribution < 1.29 is 23.5 Å². The van der Waals surface area contributed by atoms with Crippen molar-refractivity contribution in [1.29, 1.82) is 0 Å². The van der Waals surface area contributed by atoms with Crippen LogP contribution in [0.15, 0.2) is 85.1 Å². The number of amides is 2. The minimum Gasteiger partial charge on any atom is -0.457 e. The molecule has 4 aromatic rings. The molecule has 0 saturated heterocycles. The minimum absolute atomic E-state index is 0.0331. The standard InChI is InChI=1S/C27H26FN5O4/c1-19-15-33(32-31-19)16-26(34)30-25(18-36-17-20-5-3-2-4-6-20)27(35)29-22-9-13-24(14-10-22)37-23-11-7-21(28)8-12-23/h2-15,25H,16-18H2,1H3,(H,29,35)(H,30,34)/t25-/m0/s1. The van der Waals surface area contributed by atoms with Crippen molar-refractivity contribution >= 4 is 17.5 Å². The molecule has 0 bridgehead atoms. The van der Waals surface area contributed by atoms with Gasteiger partial charge in [-0.25, -0.2) is 9.07 Å². The molecule has 4 rings (SSSR count). The van der Waals surface area contributed by atoms with Crippen molar-refractivity contribution in [2.75, 3.05) is 11.9 Å². The number of benzene rings is 3. The van der Waals surface area contributed by atoms with E-state index < -0.39 is 17.9 Å². The SMILES string of the molecule is Cc1cn(CC(=O)N[C@@H](COCc2ccccc2)C(=O)Nc2ccc(Oc3ccc(F)cc3)cc2)nn1. The molecule has 0 radical (unpaired) electrons. The maximum Gasteiger partial charge on any atom is 0.249 e. The van der Waals surface area contributed by atoms with Crippen LogP contribution in [0.25, 0.3) is 0 Å². The Hall–Kier alpha value is -4.57. The monoisotopic (exact) mass is 503 g/mol. The summed E-state index contributed by atoms with van der Waals surface area (Å²) in [4.78, 5) is 25.6. The number of rotatable bonds is 11. The van der Waals surface area contributed by atoms with Crippen LogP contribution in [0, 0.1) is 12.7 Å². The van der Waals surface area contributed by atoms with E-state index in [1.807, 2.05) is 30.3 Å². The molecule has 1 aromatic heterocycles. The molecule has 1 atom stereocenters. The normalized spacial score (nSPS) is 11.5. The molecular formula is C27H26FN5O4. The molecule has 0 aliphatic heterocycles. The Morgan fingerprint density at radius 1 is 0.973 bits per heavy atom. The van der Waals surface area contributed by atoms with Gasteiger partial charge >= 0.3 is 0 Å². The number of ether oxygens (including phenoxy) is 2. The topological polar surface area (TPSA) is 107 Å². The first kappa shape index (κ1) is 25.5. The van der Waals surface area contributed by atoms with E-state index in [-0.39, 0.29) is 25.6 Å². The number of anilines is 1. The Morgan fingerprint density at radius 2 is 1.65 bits per heavy atom. The van der Waals surface area contributed by atoms with E-state index in [0.717, 1.165) is 5.56 Å². The van der Waals surface area contributed by atoms with E-state index in [2.05, 4.69) is 20.9 Å². The van der Waals surface area contributed by atoms with Gasteiger partial charge in [0.15, 0.2) is 0 Å². The van der Waals surface area contributed by atoms with E-state index in [4.69, 9.17) is 9.47 Å². The van der Waals surface area contributed by atoms with Gasteiger partial charge in [0.1, 0.15) is 29.9 Å². The Labute approximate surface area is 213 Å². The van der Waals surface area contributed by atoms with Gasteiger partial charge in [-0.1, -0.05) is 35.5 Å². The van der Waals surface area contributed by atoms with E-state index in [1.54, 1.807) is 37.4 Å².